The molecule has 1 aliphatic heterocycles. The molecule has 3 aromatic carbocycles. The van der Waals surface area contributed by atoms with Crippen molar-refractivity contribution in [2.45, 2.75) is 32.7 Å². The third-order valence-electron chi connectivity index (χ3n) is 6.24. The van der Waals surface area contributed by atoms with Gasteiger partial charge in [-0.2, -0.15) is 0 Å². The van der Waals surface area contributed by atoms with Crippen molar-refractivity contribution >= 4 is 22.7 Å². The van der Waals surface area contributed by atoms with Gasteiger partial charge in [-0.3, -0.25) is 9.36 Å². The molecular formula is C26H24FN3O3. The Hall–Kier alpha value is -3.87. The van der Waals surface area contributed by atoms with Crippen molar-refractivity contribution in [2.24, 2.45) is 0 Å². The Balaban J connectivity index is 1.45. The fraction of sp³-hybridized carbons (Fsp3) is 0.231. The van der Waals surface area contributed by atoms with Gasteiger partial charge < -0.3 is 15.2 Å². The number of aryl methyl sites for hydroxylation is 1. The lowest BCUT2D eigenvalue weighted by molar-refractivity contribution is -0.138. The quantitative estimate of drug-likeness (QED) is 0.426. The van der Waals surface area contributed by atoms with Crippen molar-refractivity contribution in [1.29, 1.82) is 0 Å². The summed E-state index contributed by atoms with van der Waals surface area (Å²) in [5, 5.41) is 12.7. The standard InChI is InChI=1S/C26H24FN3O3/c1-3-25-29-21-10-7-17(27)11-23(21)30(25)22-6-4-5-16(15(22)2)13-28-18-8-9-19-20(26(31)32)14-33-24(19)12-18/h4-12,20,28H,3,13-14H2,1-2H3,(H,31,32). The smallest absolute Gasteiger partial charge is 0.314 e. The van der Waals surface area contributed by atoms with Crippen LogP contribution in [0.4, 0.5) is 10.1 Å². The molecule has 168 valence electrons. The number of fused-ring (bicyclic) bond motifs is 2. The molecule has 1 unspecified atom stereocenters. The van der Waals surface area contributed by atoms with E-state index in [4.69, 9.17) is 4.74 Å². The van der Waals surface area contributed by atoms with Crippen molar-refractivity contribution in [3.8, 4) is 11.4 Å². The highest BCUT2D eigenvalue weighted by atomic mass is 19.1. The first-order chi connectivity index (χ1) is 16.0. The normalized spacial score (nSPS) is 14.8. The van der Waals surface area contributed by atoms with Gasteiger partial charge in [0.25, 0.3) is 0 Å². The first-order valence-corrected chi connectivity index (χ1v) is 11.0. The van der Waals surface area contributed by atoms with Gasteiger partial charge in [-0.1, -0.05) is 25.1 Å². The zero-order chi connectivity index (χ0) is 23.1. The average molecular weight is 445 g/mol. The van der Waals surface area contributed by atoms with Gasteiger partial charge in [-0.15, -0.1) is 0 Å². The number of ether oxygens (including phenoxy) is 1. The number of nitrogens with zero attached hydrogens (tertiary/aromatic N) is 2. The van der Waals surface area contributed by atoms with E-state index < -0.39 is 11.9 Å². The maximum atomic E-state index is 14.0. The first kappa shape index (κ1) is 21.0. The minimum absolute atomic E-state index is 0.161. The van der Waals surface area contributed by atoms with Gasteiger partial charge in [0.15, 0.2) is 0 Å². The lowest BCUT2D eigenvalue weighted by Gasteiger charge is -2.16. The van der Waals surface area contributed by atoms with Crippen LogP contribution in [0.5, 0.6) is 5.75 Å². The molecule has 1 aliphatic rings. The largest absolute Gasteiger partial charge is 0.492 e. The number of aromatic nitrogens is 2. The Bertz CT molecular complexity index is 1380. The molecule has 7 heteroatoms. The Kier molecular flexibility index (Phi) is 5.24. The van der Waals surface area contributed by atoms with Crippen molar-refractivity contribution in [2.75, 3.05) is 11.9 Å². The molecule has 1 atom stereocenters. The van der Waals surface area contributed by atoms with E-state index in [1.54, 1.807) is 6.07 Å². The maximum Gasteiger partial charge on any atom is 0.314 e. The predicted molar refractivity (Wildman–Crippen MR) is 125 cm³/mol. The summed E-state index contributed by atoms with van der Waals surface area (Å²) in [5.41, 5.74) is 6.23. The third-order valence-corrected chi connectivity index (χ3v) is 6.24. The zero-order valence-corrected chi connectivity index (χ0v) is 18.4. The van der Waals surface area contributed by atoms with E-state index in [1.165, 1.54) is 12.1 Å². The van der Waals surface area contributed by atoms with Crippen LogP contribution in [-0.4, -0.2) is 27.2 Å². The lowest BCUT2D eigenvalue weighted by Crippen LogP contribution is -2.12. The second kappa shape index (κ2) is 8.24. The second-order valence-electron chi connectivity index (χ2n) is 8.22. The summed E-state index contributed by atoms with van der Waals surface area (Å²) in [7, 11) is 0. The second-order valence-corrected chi connectivity index (χ2v) is 8.22. The molecule has 0 saturated carbocycles. The van der Waals surface area contributed by atoms with Gasteiger partial charge in [-0.05, 0) is 42.3 Å². The minimum atomic E-state index is -0.875. The summed E-state index contributed by atoms with van der Waals surface area (Å²) in [5.74, 6) is -0.286. The monoisotopic (exact) mass is 445 g/mol. The molecule has 5 rings (SSSR count). The van der Waals surface area contributed by atoms with Crippen molar-refractivity contribution in [3.05, 3.63) is 82.9 Å². The Morgan fingerprint density at radius 1 is 1.24 bits per heavy atom. The number of hydrogen-bond acceptors (Lipinski definition) is 4. The number of rotatable bonds is 6. The molecule has 0 aliphatic carbocycles. The molecule has 0 amide bonds. The fourth-order valence-electron chi connectivity index (χ4n) is 4.43. The van der Waals surface area contributed by atoms with E-state index >= 15 is 0 Å². The number of carboxylic acid groups (broad SMARTS) is 1. The van der Waals surface area contributed by atoms with Crippen LogP contribution < -0.4 is 10.1 Å². The van der Waals surface area contributed by atoms with Gasteiger partial charge >= 0.3 is 5.97 Å². The molecule has 33 heavy (non-hydrogen) atoms. The number of halogens is 1. The zero-order valence-electron chi connectivity index (χ0n) is 18.4. The Morgan fingerprint density at radius 2 is 2.09 bits per heavy atom. The van der Waals surface area contributed by atoms with Crippen LogP contribution in [0.25, 0.3) is 16.7 Å². The van der Waals surface area contributed by atoms with E-state index in [1.807, 2.05) is 41.8 Å². The number of carbonyl (C=O) groups is 1. The molecule has 0 fully saturated rings. The van der Waals surface area contributed by atoms with Crippen LogP contribution >= 0.6 is 0 Å². The van der Waals surface area contributed by atoms with Crippen molar-refractivity contribution < 1.29 is 19.0 Å². The van der Waals surface area contributed by atoms with Gasteiger partial charge in [0, 0.05) is 36.3 Å². The summed E-state index contributed by atoms with van der Waals surface area (Å²) in [6.07, 6.45) is 0.727. The Morgan fingerprint density at radius 3 is 2.88 bits per heavy atom. The van der Waals surface area contributed by atoms with E-state index in [-0.39, 0.29) is 12.4 Å². The highest BCUT2D eigenvalue weighted by Crippen LogP contribution is 2.36. The van der Waals surface area contributed by atoms with E-state index in [0.29, 0.717) is 17.9 Å². The number of hydrogen-bond donors (Lipinski definition) is 2. The number of carboxylic acids is 1. The molecule has 0 bridgehead atoms. The molecular weight excluding hydrogens is 421 g/mol. The van der Waals surface area contributed by atoms with Crippen molar-refractivity contribution in [1.82, 2.24) is 9.55 Å². The number of aliphatic carboxylic acids is 1. The third kappa shape index (κ3) is 3.69. The van der Waals surface area contributed by atoms with Crippen LogP contribution in [0, 0.1) is 12.7 Å². The first-order valence-electron chi connectivity index (χ1n) is 11.0. The molecule has 2 heterocycles. The van der Waals surface area contributed by atoms with Crippen LogP contribution in [0.15, 0.2) is 54.6 Å². The molecule has 1 aromatic heterocycles. The highest BCUT2D eigenvalue weighted by molar-refractivity contribution is 5.80. The van der Waals surface area contributed by atoms with E-state index in [9.17, 15) is 14.3 Å². The molecule has 6 nitrogen and oxygen atoms in total. The average Bonchev–Trinajstić information content (AvgIpc) is 3.39. The van der Waals surface area contributed by atoms with E-state index in [0.717, 1.165) is 45.8 Å². The topological polar surface area (TPSA) is 76.4 Å². The summed E-state index contributed by atoms with van der Waals surface area (Å²) in [6.45, 7) is 4.83. The highest BCUT2D eigenvalue weighted by Gasteiger charge is 2.30. The molecule has 0 radical (unpaired) electrons. The van der Waals surface area contributed by atoms with Crippen LogP contribution in [0.1, 0.15) is 35.4 Å². The summed E-state index contributed by atoms with van der Waals surface area (Å²) in [4.78, 5) is 16.0. The summed E-state index contributed by atoms with van der Waals surface area (Å²) in [6, 6.07) is 16.3. The van der Waals surface area contributed by atoms with Gasteiger partial charge in [0.05, 0.1) is 16.7 Å². The molecule has 0 saturated heterocycles. The lowest BCUT2D eigenvalue weighted by atomic mass is 10.0. The summed E-state index contributed by atoms with van der Waals surface area (Å²) >= 11 is 0. The molecule has 0 spiro atoms. The maximum absolute atomic E-state index is 14.0. The summed E-state index contributed by atoms with van der Waals surface area (Å²) < 4.78 is 21.6. The van der Waals surface area contributed by atoms with Crippen LogP contribution in [0.3, 0.4) is 0 Å². The predicted octanol–water partition coefficient (Wildman–Crippen LogP) is 5.21. The van der Waals surface area contributed by atoms with Gasteiger partial charge in [-0.25, -0.2) is 9.37 Å². The van der Waals surface area contributed by atoms with E-state index in [2.05, 4.69) is 23.3 Å². The van der Waals surface area contributed by atoms with Crippen molar-refractivity contribution in [3.63, 3.8) is 0 Å². The Labute approximate surface area is 190 Å². The van der Waals surface area contributed by atoms with Gasteiger partial charge in [0.2, 0.25) is 0 Å². The number of imidazole rings is 1. The molecule has 4 aromatic rings. The van der Waals surface area contributed by atoms with Crippen LogP contribution in [-0.2, 0) is 17.8 Å². The number of anilines is 1. The molecule has 2 N–H and O–H groups in total. The van der Waals surface area contributed by atoms with Crippen LogP contribution in [0.2, 0.25) is 0 Å². The van der Waals surface area contributed by atoms with Gasteiger partial charge in [0.1, 0.15) is 29.9 Å². The minimum Gasteiger partial charge on any atom is -0.492 e. The number of benzene rings is 3. The number of nitrogens with one attached hydrogen (secondary N) is 1. The fourth-order valence-corrected chi connectivity index (χ4v) is 4.43. The SMILES string of the molecule is CCc1nc2ccc(F)cc2n1-c1cccc(CNc2ccc3c(c2)OCC3C(=O)O)c1C.